The molecule has 0 aliphatic heterocycles. The average molecular weight is 260 g/mol. The van der Waals surface area contributed by atoms with E-state index in [0.717, 1.165) is 17.0 Å². The summed E-state index contributed by atoms with van der Waals surface area (Å²) in [6.07, 6.45) is 0.677. The number of aromatic nitrogens is 2. The number of methoxy groups -OCH3 is 1. The van der Waals surface area contributed by atoms with Crippen LogP contribution in [-0.2, 0) is 11.2 Å². The number of ether oxygens (including phenoxy) is 2. The highest BCUT2D eigenvalue weighted by Crippen LogP contribution is 2.14. The zero-order valence-electron chi connectivity index (χ0n) is 11.0. The molecule has 1 heterocycles. The zero-order chi connectivity index (χ0) is 13.7. The van der Waals surface area contributed by atoms with E-state index in [1.54, 1.807) is 20.1 Å². The molecule has 5 nitrogen and oxygen atoms in total. The number of benzene rings is 1. The highest BCUT2D eigenvalue weighted by molar-refractivity contribution is 5.87. The van der Waals surface area contributed by atoms with Crippen LogP contribution in [0.2, 0.25) is 0 Å². The monoisotopic (exact) mass is 260 g/mol. The number of hydrogen-bond donors (Lipinski definition) is 1. The van der Waals surface area contributed by atoms with Crippen LogP contribution in [0.25, 0.3) is 0 Å². The summed E-state index contributed by atoms with van der Waals surface area (Å²) < 4.78 is 9.98. The normalized spacial score (nSPS) is 10.2. The molecule has 2 rings (SSSR count). The zero-order valence-corrected chi connectivity index (χ0v) is 11.0. The number of hydrogen-bond acceptors (Lipinski definition) is 4. The topological polar surface area (TPSA) is 64.2 Å². The minimum absolute atomic E-state index is 0.311. The molecule has 19 heavy (non-hydrogen) atoms. The quantitative estimate of drug-likeness (QED) is 0.837. The van der Waals surface area contributed by atoms with Crippen LogP contribution in [0.4, 0.5) is 0 Å². The van der Waals surface area contributed by atoms with E-state index in [1.807, 2.05) is 24.3 Å². The van der Waals surface area contributed by atoms with Crippen molar-refractivity contribution in [2.24, 2.45) is 0 Å². The van der Waals surface area contributed by atoms with Crippen LogP contribution >= 0.6 is 0 Å². The second-order valence-corrected chi connectivity index (χ2v) is 4.02. The Hall–Kier alpha value is -2.30. The Kier molecular flexibility index (Phi) is 4.18. The fourth-order valence-electron chi connectivity index (χ4n) is 1.73. The predicted octanol–water partition coefficient (Wildman–Crippen LogP) is 2.19. The first-order chi connectivity index (χ1) is 9.22. The van der Waals surface area contributed by atoms with Gasteiger partial charge in [0.1, 0.15) is 5.75 Å². The summed E-state index contributed by atoms with van der Waals surface area (Å²) in [4.78, 5) is 11.5. The van der Waals surface area contributed by atoms with Gasteiger partial charge in [-0.3, -0.25) is 5.10 Å². The smallest absolute Gasteiger partial charge is 0.358 e. The lowest BCUT2D eigenvalue weighted by atomic mass is 10.1. The lowest BCUT2D eigenvalue weighted by Crippen LogP contribution is -2.04. The number of nitrogens with one attached hydrogen (secondary N) is 1. The van der Waals surface area contributed by atoms with Crippen molar-refractivity contribution >= 4 is 5.97 Å². The van der Waals surface area contributed by atoms with Crippen molar-refractivity contribution in [1.82, 2.24) is 10.2 Å². The first kappa shape index (κ1) is 13.1. The molecule has 0 saturated heterocycles. The number of nitrogens with zero attached hydrogens (tertiary/aromatic N) is 1. The molecule has 0 saturated carbocycles. The Morgan fingerprint density at radius 2 is 2.05 bits per heavy atom. The van der Waals surface area contributed by atoms with Crippen LogP contribution in [-0.4, -0.2) is 29.9 Å². The van der Waals surface area contributed by atoms with Gasteiger partial charge in [-0.1, -0.05) is 12.1 Å². The largest absolute Gasteiger partial charge is 0.497 e. The van der Waals surface area contributed by atoms with Crippen LogP contribution < -0.4 is 4.74 Å². The molecule has 0 radical (unpaired) electrons. The lowest BCUT2D eigenvalue weighted by Gasteiger charge is -2.01. The van der Waals surface area contributed by atoms with Crippen molar-refractivity contribution in [2.45, 2.75) is 13.3 Å². The maximum Gasteiger partial charge on any atom is 0.358 e. The molecule has 5 heteroatoms. The maximum atomic E-state index is 11.5. The molecule has 100 valence electrons. The summed E-state index contributed by atoms with van der Waals surface area (Å²) in [6, 6.07) is 9.46. The summed E-state index contributed by atoms with van der Waals surface area (Å²) in [6.45, 7) is 2.11. The van der Waals surface area contributed by atoms with E-state index in [9.17, 15) is 4.79 Å². The molecule has 1 aromatic carbocycles. The Labute approximate surface area is 111 Å². The maximum absolute atomic E-state index is 11.5. The molecule has 0 spiro atoms. The average Bonchev–Trinajstić information content (AvgIpc) is 2.88. The molecule has 0 amide bonds. The first-order valence-corrected chi connectivity index (χ1v) is 6.07. The van der Waals surface area contributed by atoms with Gasteiger partial charge in [-0.15, -0.1) is 0 Å². The summed E-state index contributed by atoms with van der Waals surface area (Å²) in [5, 5.41) is 6.78. The lowest BCUT2D eigenvalue weighted by molar-refractivity contribution is 0.0519. The van der Waals surface area contributed by atoms with Crippen molar-refractivity contribution in [2.75, 3.05) is 13.7 Å². The molecular weight excluding hydrogens is 244 g/mol. The number of aromatic amines is 1. The molecular formula is C14H16N2O3. The number of H-pyrrole nitrogens is 1. The van der Waals surface area contributed by atoms with Crippen molar-refractivity contribution in [3.8, 4) is 5.75 Å². The van der Waals surface area contributed by atoms with E-state index in [4.69, 9.17) is 9.47 Å². The van der Waals surface area contributed by atoms with Gasteiger partial charge >= 0.3 is 5.97 Å². The van der Waals surface area contributed by atoms with Crippen LogP contribution in [0, 0.1) is 0 Å². The van der Waals surface area contributed by atoms with Gasteiger partial charge in [-0.05, 0) is 30.7 Å². The van der Waals surface area contributed by atoms with E-state index in [1.165, 1.54) is 0 Å². The summed E-state index contributed by atoms with van der Waals surface area (Å²) in [5.41, 5.74) is 2.29. The van der Waals surface area contributed by atoms with E-state index < -0.39 is 5.97 Å². The fraction of sp³-hybridized carbons (Fsp3) is 0.286. The highest BCUT2D eigenvalue weighted by atomic mass is 16.5. The van der Waals surface area contributed by atoms with E-state index in [0.29, 0.717) is 18.7 Å². The third-order valence-electron chi connectivity index (χ3n) is 2.67. The summed E-state index contributed by atoms with van der Waals surface area (Å²) >= 11 is 0. The van der Waals surface area contributed by atoms with Gasteiger partial charge in [-0.25, -0.2) is 4.79 Å². The van der Waals surface area contributed by atoms with Gasteiger partial charge in [-0.2, -0.15) is 5.10 Å². The van der Waals surface area contributed by atoms with E-state index in [-0.39, 0.29) is 0 Å². The van der Waals surface area contributed by atoms with Gasteiger partial charge in [0.05, 0.1) is 13.7 Å². The molecule has 0 unspecified atom stereocenters. The molecule has 1 N–H and O–H groups in total. The van der Waals surface area contributed by atoms with E-state index >= 15 is 0 Å². The summed E-state index contributed by atoms with van der Waals surface area (Å²) in [5.74, 6) is 0.417. The first-order valence-electron chi connectivity index (χ1n) is 6.07. The molecule has 0 atom stereocenters. The van der Waals surface area contributed by atoms with Crippen LogP contribution in [0.1, 0.15) is 28.7 Å². The number of carbonyl (C=O) groups excluding carboxylic acids is 1. The van der Waals surface area contributed by atoms with Crippen LogP contribution in [0.15, 0.2) is 30.3 Å². The van der Waals surface area contributed by atoms with Gasteiger partial charge in [0.25, 0.3) is 0 Å². The predicted molar refractivity (Wildman–Crippen MR) is 70.3 cm³/mol. The third-order valence-corrected chi connectivity index (χ3v) is 2.67. The van der Waals surface area contributed by atoms with Crippen molar-refractivity contribution in [3.05, 3.63) is 47.3 Å². The molecule has 0 fully saturated rings. The Morgan fingerprint density at radius 1 is 1.32 bits per heavy atom. The third kappa shape index (κ3) is 3.34. The Balaban J connectivity index is 2.04. The van der Waals surface area contributed by atoms with Crippen LogP contribution in [0.3, 0.4) is 0 Å². The van der Waals surface area contributed by atoms with Gasteiger partial charge < -0.3 is 9.47 Å². The van der Waals surface area contributed by atoms with Crippen LogP contribution in [0.5, 0.6) is 5.75 Å². The number of esters is 1. The minimum Gasteiger partial charge on any atom is -0.497 e. The van der Waals surface area contributed by atoms with Crippen molar-refractivity contribution in [3.63, 3.8) is 0 Å². The van der Waals surface area contributed by atoms with Gasteiger partial charge in [0, 0.05) is 12.1 Å². The molecule has 0 aliphatic rings. The molecule has 0 aliphatic carbocycles. The number of rotatable bonds is 5. The van der Waals surface area contributed by atoms with Gasteiger partial charge in [0.15, 0.2) is 5.69 Å². The number of carbonyl (C=O) groups is 1. The minimum atomic E-state index is -0.403. The van der Waals surface area contributed by atoms with E-state index in [2.05, 4.69) is 10.2 Å². The second kappa shape index (κ2) is 6.04. The SMILES string of the molecule is CCOC(=O)c1cc(Cc2ccc(OC)cc2)[nH]n1. The Bertz CT molecular complexity index is 546. The fourth-order valence-corrected chi connectivity index (χ4v) is 1.73. The molecule has 0 bridgehead atoms. The second-order valence-electron chi connectivity index (χ2n) is 4.02. The Morgan fingerprint density at radius 3 is 2.68 bits per heavy atom. The van der Waals surface area contributed by atoms with Crippen molar-refractivity contribution in [1.29, 1.82) is 0 Å². The van der Waals surface area contributed by atoms with Gasteiger partial charge in [0.2, 0.25) is 0 Å². The standard InChI is InChI=1S/C14H16N2O3/c1-3-19-14(17)13-9-11(15-16-13)8-10-4-6-12(18-2)7-5-10/h4-7,9H,3,8H2,1-2H3,(H,15,16). The highest BCUT2D eigenvalue weighted by Gasteiger charge is 2.11. The van der Waals surface area contributed by atoms with Crippen molar-refractivity contribution < 1.29 is 14.3 Å². The summed E-state index contributed by atoms with van der Waals surface area (Å²) in [7, 11) is 1.63. The molecule has 2 aromatic rings. The molecule has 1 aromatic heterocycles.